The lowest BCUT2D eigenvalue weighted by atomic mass is 10.3. The molecule has 1 aliphatic rings. The summed E-state index contributed by atoms with van der Waals surface area (Å²) in [4.78, 5) is 2.46. The van der Waals surface area contributed by atoms with E-state index in [1.807, 2.05) is 4.42 Å². The van der Waals surface area contributed by atoms with Crippen LogP contribution in [-0.4, -0.2) is 42.0 Å². The number of rotatable bonds is 2. The Bertz CT molecular complexity index is 89.6. The Morgan fingerprint density at radius 1 is 1.20 bits per heavy atom. The topological polar surface area (TPSA) is 6.48 Å². The summed E-state index contributed by atoms with van der Waals surface area (Å²) in [5, 5.41) is 0. The molecule has 0 saturated carbocycles. The van der Waals surface area contributed by atoms with Crippen LogP contribution in [0.15, 0.2) is 0 Å². The maximum Gasteiger partial charge on any atom is 0.0267 e. The molecule has 0 amide bonds. The van der Waals surface area contributed by atoms with Crippen LogP contribution in [0.4, 0.5) is 0 Å². The summed E-state index contributed by atoms with van der Waals surface area (Å²) in [5.41, 5.74) is 0. The van der Waals surface area contributed by atoms with Gasteiger partial charge in [0.2, 0.25) is 0 Å². The summed E-state index contributed by atoms with van der Waals surface area (Å²) < 4.78 is 1.87. The van der Waals surface area contributed by atoms with Crippen molar-refractivity contribution in [3.63, 3.8) is 0 Å². The first-order chi connectivity index (χ1) is 4.83. The summed E-state index contributed by atoms with van der Waals surface area (Å²) in [6, 6.07) is 0. The summed E-state index contributed by atoms with van der Waals surface area (Å²) in [6.45, 7) is 7.75. The second kappa shape index (κ2) is 4.16. The van der Waals surface area contributed by atoms with Crippen molar-refractivity contribution in [3.8, 4) is 0 Å². The van der Waals surface area contributed by atoms with Gasteiger partial charge in [-0.15, -0.1) is 0 Å². The van der Waals surface area contributed by atoms with Crippen LogP contribution in [-0.2, 0) is 0 Å². The summed E-state index contributed by atoms with van der Waals surface area (Å²) >= 11 is 5.79. The fourth-order valence-corrected chi connectivity index (χ4v) is 1.41. The number of piperazine rings is 1. The van der Waals surface area contributed by atoms with E-state index in [0.29, 0.717) is 0 Å². The molecule has 60 valence electrons. The summed E-state index contributed by atoms with van der Waals surface area (Å²) in [6.07, 6.45) is 1.25. The smallest absolute Gasteiger partial charge is 0.0267 e. The van der Waals surface area contributed by atoms with E-state index in [1.165, 1.54) is 13.0 Å². The van der Waals surface area contributed by atoms with Crippen molar-refractivity contribution in [1.29, 1.82) is 0 Å². The lowest BCUT2D eigenvalue weighted by Gasteiger charge is -2.30. The molecule has 1 aliphatic heterocycles. The Balaban J connectivity index is 2.13. The molecule has 1 saturated heterocycles. The Labute approximate surface area is 67.9 Å². The third-order valence-corrected chi connectivity index (χ3v) is 2.20. The summed E-state index contributed by atoms with van der Waals surface area (Å²) in [7, 11) is 0. The van der Waals surface area contributed by atoms with Crippen LogP contribution >= 0.6 is 11.8 Å². The van der Waals surface area contributed by atoms with Gasteiger partial charge in [-0.25, -0.2) is 4.42 Å². The van der Waals surface area contributed by atoms with E-state index in [4.69, 9.17) is 11.8 Å². The molecule has 0 spiro atoms. The molecule has 0 aliphatic carbocycles. The quantitative estimate of drug-likeness (QED) is 0.563. The van der Waals surface area contributed by atoms with Gasteiger partial charge in [-0.1, -0.05) is 6.92 Å². The van der Waals surface area contributed by atoms with Gasteiger partial charge < -0.3 is 4.90 Å². The highest BCUT2D eigenvalue weighted by Crippen LogP contribution is 2.03. The number of nitrogens with zero attached hydrogens (tertiary/aromatic N) is 2. The van der Waals surface area contributed by atoms with Gasteiger partial charge in [0.1, 0.15) is 0 Å². The molecule has 0 N–H and O–H groups in total. The maximum atomic E-state index is 5.79. The van der Waals surface area contributed by atoms with Gasteiger partial charge >= 0.3 is 0 Å². The zero-order chi connectivity index (χ0) is 7.40. The van der Waals surface area contributed by atoms with Crippen molar-refractivity contribution in [2.24, 2.45) is 0 Å². The Hall–Kier alpha value is 0.210. The Kier molecular flexibility index (Phi) is 3.46. The van der Waals surface area contributed by atoms with Gasteiger partial charge in [0.05, 0.1) is 0 Å². The van der Waals surface area contributed by atoms with E-state index >= 15 is 0 Å². The molecule has 1 fully saturated rings. The van der Waals surface area contributed by atoms with Gasteiger partial charge in [0.25, 0.3) is 0 Å². The molecular weight excluding hydrogens is 148 g/mol. The Morgan fingerprint density at radius 3 is 2.30 bits per heavy atom. The molecule has 0 aromatic carbocycles. The van der Waals surface area contributed by atoms with Crippen LogP contribution in [0.5, 0.6) is 0 Å². The minimum absolute atomic E-state index is 1.02. The number of hydrogen-bond donors (Lipinski definition) is 0. The SMILES string of the molecule is CCCN1CCN(Cl)CC1. The molecule has 0 aromatic heterocycles. The lowest BCUT2D eigenvalue weighted by Crippen LogP contribution is -2.42. The highest BCUT2D eigenvalue weighted by Gasteiger charge is 2.13. The molecule has 0 atom stereocenters. The van der Waals surface area contributed by atoms with Gasteiger partial charge in [0.15, 0.2) is 0 Å². The molecule has 0 aromatic rings. The highest BCUT2D eigenvalue weighted by molar-refractivity contribution is 6.13. The van der Waals surface area contributed by atoms with Crippen LogP contribution in [0, 0.1) is 0 Å². The van der Waals surface area contributed by atoms with Gasteiger partial charge in [0, 0.05) is 26.2 Å². The van der Waals surface area contributed by atoms with Crippen molar-refractivity contribution in [1.82, 2.24) is 9.32 Å². The predicted molar refractivity (Wildman–Crippen MR) is 44.2 cm³/mol. The molecule has 10 heavy (non-hydrogen) atoms. The van der Waals surface area contributed by atoms with Crippen molar-refractivity contribution in [3.05, 3.63) is 0 Å². The predicted octanol–water partition coefficient (Wildman–Crippen LogP) is 1.17. The standard InChI is InChI=1S/C7H15ClN2/c1-2-3-9-4-6-10(8)7-5-9/h2-7H2,1H3. The molecule has 0 bridgehead atoms. The van der Waals surface area contributed by atoms with Gasteiger partial charge in [-0.3, -0.25) is 0 Å². The van der Waals surface area contributed by atoms with E-state index in [9.17, 15) is 0 Å². The third kappa shape index (κ3) is 2.45. The minimum atomic E-state index is 1.02. The number of hydrogen-bond acceptors (Lipinski definition) is 2. The van der Waals surface area contributed by atoms with Crippen molar-refractivity contribution >= 4 is 11.8 Å². The van der Waals surface area contributed by atoms with Crippen molar-refractivity contribution < 1.29 is 0 Å². The normalized spacial score (nSPS) is 23.4. The van der Waals surface area contributed by atoms with Crippen LogP contribution in [0.25, 0.3) is 0 Å². The second-order valence-electron chi connectivity index (χ2n) is 2.75. The van der Waals surface area contributed by atoms with Crippen molar-refractivity contribution in [2.75, 3.05) is 32.7 Å². The minimum Gasteiger partial charge on any atom is -0.301 e. The van der Waals surface area contributed by atoms with Crippen LogP contribution in [0.2, 0.25) is 0 Å². The molecular formula is C7H15ClN2. The Morgan fingerprint density at radius 2 is 1.80 bits per heavy atom. The average molecular weight is 163 g/mol. The van der Waals surface area contributed by atoms with E-state index in [0.717, 1.165) is 26.2 Å². The molecule has 1 rings (SSSR count). The first-order valence-corrected chi connectivity index (χ1v) is 4.30. The van der Waals surface area contributed by atoms with E-state index in [1.54, 1.807) is 0 Å². The first kappa shape index (κ1) is 8.31. The summed E-state index contributed by atoms with van der Waals surface area (Å²) in [5.74, 6) is 0. The van der Waals surface area contributed by atoms with Crippen LogP contribution in [0.3, 0.4) is 0 Å². The molecule has 1 heterocycles. The second-order valence-corrected chi connectivity index (χ2v) is 3.23. The first-order valence-electron chi connectivity index (χ1n) is 3.96. The largest absolute Gasteiger partial charge is 0.301 e. The zero-order valence-electron chi connectivity index (χ0n) is 6.52. The fourth-order valence-electron chi connectivity index (χ4n) is 1.26. The van der Waals surface area contributed by atoms with Crippen LogP contribution in [0.1, 0.15) is 13.3 Å². The third-order valence-electron chi connectivity index (χ3n) is 1.86. The maximum absolute atomic E-state index is 5.79. The van der Waals surface area contributed by atoms with Gasteiger partial charge in [-0.05, 0) is 24.7 Å². The monoisotopic (exact) mass is 162 g/mol. The lowest BCUT2D eigenvalue weighted by molar-refractivity contribution is 0.192. The average Bonchev–Trinajstić information content (AvgIpc) is 1.95. The van der Waals surface area contributed by atoms with Crippen LogP contribution < -0.4 is 0 Å². The zero-order valence-corrected chi connectivity index (χ0v) is 7.27. The highest BCUT2D eigenvalue weighted by atomic mass is 35.5. The van der Waals surface area contributed by atoms with Crippen molar-refractivity contribution in [2.45, 2.75) is 13.3 Å². The number of halogens is 1. The van der Waals surface area contributed by atoms with E-state index in [-0.39, 0.29) is 0 Å². The van der Waals surface area contributed by atoms with E-state index in [2.05, 4.69) is 11.8 Å². The van der Waals surface area contributed by atoms with E-state index < -0.39 is 0 Å². The van der Waals surface area contributed by atoms with Gasteiger partial charge in [-0.2, -0.15) is 0 Å². The molecule has 0 unspecified atom stereocenters. The molecule has 3 heteroatoms. The molecule has 2 nitrogen and oxygen atoms in total. The fraction of sp³-hybridized carbons (Fsp3) is 1.00. The molecule has 0 radical (unpaired) electrons.